The molecule has 2 aromatic rings. The van der Waals surface area contributed by atoms with Crippen LogP contribution in [0.5, 0.6) is 0 Å². The van der Waals surface area contributed by atoms with Crippen molar-refractivity contribution in [2.75, 3.05) is 12.3 Å². The van der Waals surface area contributed by atoms with Crippen LogP contribution in [0.3, 0.4) is 0 Å². The number of nitrogens with two attached hydrogens (primary N) is 1. The summed E-state index contributed by atoms with van der Waals surface area (Å²) in [5.41, 5.74) is 6.18. The summed E-state index contributed by atoms with van der Waals surface area (Å²) in [4.78, 5) is 14.3. The zero-order valence-electron chi connectivity index (χ0n) is 8.71. The van der Waals surface area contributed by atoms with Crippen LogP contribution < -0.4 is 5.73 Å². The number of esters is 1. The number of aromatic nitrogens is 1. The molecule has 2 rings (SSSR count). The van der Waals surface area contributed by atoms with Crippen molar-refractivity contribution in [1.82, 2.24) is 4.98 Å². The van der Waals surface area contributed by atoms with Gasteiger partial charge in [0.15, 0.2) is 0 Å². The predicted molar refractivity (Wildman–Crippen MR) is 58.6 cm³/mol. The van der Waals surface area contributed by atoms with Gasteiger partial charge < -0.3 is 15.5 Å². The van der Waals surface area contributed by atoms with E-state index in [1.165, 1.54) is 6.07 Å². The number of hydrogen-bond donors (Lipinski definition) is 2. The van der Waals surface area contributed by atoms with Crippen molar-refractivity contribution < 1.29 is 13.9 Å². The van der Waals surface area contributed by atoms with Gasteiger partial charge in [-0.15, -0.1) is 0 Å². The van der Waals surface area contributed by atoms with Gasteiger partial charge in [-0.05, 0) is 19.1 Å². The number of anilines is 1. The summed E-state index contributed by atoms with van der Waals surface area (Å²) in [5, 5.41) is 0.179. The number of H-pyrrole nitrogens is 1. The molecule has 0 spiro atoms. The fourth-order valence-electron chi connectivity index (χ4n) is 1.64. The first kappa shape index (κ1) is 10.5. The lowest BCUT2D eigenvalue weighted by Gasteiger charge is -2.01. The van der Waals surface area contributed by atoms with Crippen LogP contribution in [0.25, 0.3) is 10.9 Å². The van der Waals surface area contributed by atoms with Crippen molar-refractivity contribution in [2.24, 2.45) is 0 Å². The first-order chi connectivity index (χ1) is 7.65. The predicted octanol–water partition coefficient (Wildman–Crippen LogP) is 2.07. The Labute approximate surface area is 91.2 Å². The third-order valence-corrected chi connectivity index (χ3v) is 2.28. The van der Waals surface area contributed by atoms with E-state index >= 15 is 0 Å². The standard InChI is InChI=1S/C11H11FN2O2/c1-2-16-11(15)9-8-6(12)4-3-5-7(8)14-10(9)13/h3-5,14H,2,13H2,1H3. The average molecular weight is 222 g/mol. The largest absolute Gasteiger partial charge is 0.462 e. The van der Waals surface area contributed by atoms with Crippen LogP contribution in [0.15, 0.2) is 18.2 Å². The van der Waals surface area contributed by atoms with Gasteiger partial charge in [-0.1, -0.05) is 6.07 Å². The van der Waals surface area contributed by atoms with Crippen LogP contribution in [0.4, 0.5) is 10.2 Å². The molecule has 0 aliphatic rings. The van der Waals surface area contributed by atoms with Crippen LogP contribution >= 0.6 is 0 Å². The number of aromatic amines is 1. The first-order valence-electron chi connectivity index (χ1n) is 4.88. The highest BCUT2D eigenvalue weighted by molar-refractivity contribution is 6.09. The third kappa shape index (κ3) is 1.50. The van der Waals surface area contributed by atoms with Gasteiger partial charge in [-0.2, -0.15) is 0 Å². The Hall–Kier alpha value is -2.04. The summed E-state index contributed by atoms with van der Waals surface area (Å²) in [6.45, 7) is 1.90. The minimum atomic E-state index is -0.614. The maximum Gasteiger partial charge on any atom is 0.342 e. The van der Waals surface area contributed by atoms with Crippen molar-refractivity contribution in [3.05, 3.63) is 29.6 Å². The highest BCUT2D eigenvalue weighted by Crippen LogP contribution is 2.27. The molecule has 0 aliphatic heterocycles. The second kappa shape index (κ2) is 3.84. The van der Waals surface area contributed by atoms with E-state index in [0.29, 0.717) is 5.52 Å². The van der Waals surface area contributed by atoms with Crippen molar-refractivity contribution in [3.8, 4) is 0 Å². The Balaban J connectivity index is 2.68. The van der Waals surface area contributed by atoms with Gasteiger partial charge in [0.25, 0.3) is 0 Å². The molecule has 0 radical (unpaired) electrons. The minimum absolute atomic E-state index is 0.0648. The van der Waals surface area contributed by atoms with Crippen molar-refractivity contribution in [2.45, 2.75) is 6.92 Å². The number of hydrogen-bond acceptors (Lipinski definition) is 3. The molecule has 4 nitrogen and oxygen atoms in total. The number of halogens is 1. The third-order valence-electron chi connectivity index (χ3n) is 2.28. The van der Waals surface area contributed by atoms with Gasteiger partial charge in [-0.25, -0.2) is 9.18 Å². The van der Waals surface area contributed by atoms with E-state index in [1.54, 1.807) is 19.1 Å². The summed E-state index contributed by atoms with van der Waals surface area (Å²) < 4.78 is 18.4. The molecular formula is C11H11FN2O2. The summed E-state index contributed by atoms with van der Waals surface area (Å²) in [6.07, 6.45) is 0. The monoisotopic (exact) mass is 222 g/mol. The normalized spacial score (nSPS) is 10.6. The second-order valence-electron chi connectivity index (χ2n) is 3.30. The molecular weight excluding hydrogens is 211 g/mol. The number of carbonyl (C=O) groups excluding carboxylic acids is 1. The molecule has 0 fully saturated rings. The van der Waals surface area contributed by atoms with Crippen LogP contribution in [-0.2, 0) is 4.74 Å². The molecule has 0 unspecified atom stereocenters. The van der Waals surface area contributed by atoms with Gasteiger partial charge in [0, 0.05) is 0 Å². The highest BCUT2D eigenvalue weighted by atomic mass is 19.1. The van der Waals surface area contributed by atoms with Gasteiger partial charge in [0.2, 0.25) is 0 Å². The zero-order chi connectivity index (χ0) is 11.7. The van der Waals surface area contributed by atoms with Gasteiger partial charge in [-0.3, -0.25) is 0 Å². The molecule has 1 aromatic carbocycles. The van der Waals surface area contributed by atoms with Crippen molar-refractivity contribution in [1.29, 1.82) is 0 Å². The Morgan fingerprint density at radius 3 is 3.00 bits per heavy atom. The Morgan fingerprint density at radius 1 is 1.56 bits per heavy atom. The molecule has 84 valence electrons. The summed E-state index contributed by atoms with van der Waals surface area (Å²) in [6, 6.07) is 4.47. The summed E-state index contributed by atoms with van der Waals surface area (Å²) in [5.74, 6) is -0.983. The molecule has 1 heterocycles. The lowest BCUT2D eigenvalue weighted by Crippen LogP contribution is -2.07. The maximum atomic E-state index is 13.6. The topological polar surface area (TPSA) is 68.1 Å². The zero-order valence-corrected chi connectivity index (χ0v) is 8.71. The van der Waals surface area contributed by atoms with E-state index in [0.717, 1.165) is 0 Å². The van der Waals surface area contributed by atoms with E-state index < -0.39 is 11.8 Å². The number of ether oxygens (including phenoxy) is 1. The smallest absolute Gasteiger partial charge is 0.342 e. The summed E-state index contributed by atoms with van der Waals surface area (Å²) in [7, 11) is 0. The number of rotatable bonds is 2. The molecule has 0 aliphatic carbocycles. The minimum Gasteiger partial charge on any atom is -0.462 e. The van der Waals surface area contributed by atoms with E-state index in [-0.39, 0.29) is 23.4 Å². The van der Waals surface area contributed by atoms with Gasteiger partial charge in [0.1, 0.15) is 17.2 Å². The number of carbonyl (C=O) groups is 1. The Bertz CT molecular complexity index is 548. The lowest BCUT2D eigenvalue weighted by atomic mass is 10.1. The number of fused-ring (bicyclic) bond motifs is 1. The quantitative estimate of drug-likeness (QED) is 0.764. The van der Waals surface area contributed by atoms with E-state index in [1.807, 2.05) is 0 Å². The van der Waals surface area contributed by atoms with E-state index in [4.69, 9.17) is 10.5 Å². The highest BCUT2D eigenvalue weighted by Gasteiger charge is 2.20. The molecule has 5 heteroatoms. The summed E-state index contributed by atoms with van der Waals surface area (Å²) >= 11 is 0. The lowest BCUT2D eigenvalue weighted by molar-refractivity contribution is 0.0529. The Kier molecular flexibility index (Phi) is 2.52. The number of nitrogens with one attached hydrogen (secondary N) is 1. The van der Waals surface area contributed by atoms with Crippen LogP contribution in [0.2, 0.25) is 0 Å². The molecule has 3 N–H and O–H groups in total. The van der Waals surface area contributed by atoms with E-state index in [9.17, 15) is 9.18 Å². The number of nitrogen functional groups attached to an aromatic ring is 1. The average Bonchev–Trinajstić information content (AvgIpc) is 2.56. The van der Waals surface area contributed by atoms with Gasteiger partial charge in [0.05, 0.1) is 17.5 Å². The fraction of sp³-hybridized carbons (Fsp3) is 0.182. The number of benzene rings is 1. The molecule has 0 bridgehead atoms. The molecule has 0 atom stereocenters. The van der Waals surface area contributed by atoms with Crippen LogP contribution in [0, 0.1) is 5.82 Å². The molecule has 0 saturated heterocycles. The molecule has 16 heavy (non-hydrogen) atoms. The maximum absolute atomic E-state index is 13.6. The molecule has 1 aromatic heterocycles. The van der Waals surface area contributed by atoms with Crippen LogP contribution in [-0.4, -0.2) is 17.6 Å². The van der Waals surface area contributed by atoms with Crippen molar-refractivity contribution in [3.63, 3.8) is 0 Å². The fourth-order valence-corrected chi connectivity index (χ4v) is 1.64. The van der Waals surface area contributed by atoms with Crippen molar-refractivity contribution >= 4 is 22.7 Å². The van der Waals surface area contributed by atoms with Gasteiger partial charge >= 0.3 is 5.97 Å². The van der Waals surface area contributed by atoms with E-state index in [2.05, 4.69) is 4.98 Å². The molecule has 0 amide bonds. The van der Waals surface area contributed by atoms with Crippen LogP contribution in [0.1, 0.15) is 17.3 Å². The first-order valence-corrected chi connectivity index (χ1v) is 4.88. The second-order valence-corrected chi connectivity index (χ2v) is 3.30. The Morgan fingerprint density at radius 2 is 2.31 bits per heavy atom. The SMILES string of the molecule is CCOC(=O)c1c(N)[nH]c2cccc(F)c12. The molecule has 0 saturated carbocycles.